The zero-order chi connectivity index (χ0) is 21.3. The lowest BCUT2D eigenvalue weighted by atomic mass is 9.93. The van der Waals surface area contributed by atoms with Crippen molar-refractivity contribution in [3.63, 3.8) is 0 Å². The number of carbonyl (C=O) groups is 1. The first kappa shape index (κ1) is 21.7. The molecule has 1 fully saturated rings. The second kappa shape index (κ2) is 8.36. The maximum Gasteiger partial charge on any atom is 0.227 e. The molecule has 0 radical (unpaired) electrons. The third-order valence-electron chi connectivity index (χ3n) is 5.81. The summed E-state index contributed by atoms with van der Waals surface area (Å²) in [7, 11) is 1.88. The number of hydrogen-bond acceptors (Lipinski definition) is 4. The number of benzene rings is 1. The fourth-order valence-electron chi connectivity index (χ4n) is 3.99. The molecule has 6 nitrogen and oxygen atoms in total. The maximum absolute atomic E-state index is 12.9. The molecule has 1 saturated heterocycles. The van der Waals surface area contributed by atoms with Crippen LogP contribution < -0.4 is 4.74 Å². The average Bonchev–Trinajstić information content (AvgIpc) is 2.90. The summed E-state index contributed by atoms with van der Waals surface area (Å²) >= 11 is 6.21. The summed E-state index contributed by atoms with van der Waals surface area (Å²) in [5.74, 6) is 0.698. The Balaban J connectivity index is 1.65. The van der Waals surface area contributed by atoms with E-state index in [1.165, 1.54) is 0 Å². The van der Waals surface area contributed by atoms with Gasteiger partial charge < -0.3 is 14.7 Å². The predicted octanol–water partition coefficient (Wildman–Crippen LogP) is 3.28. The molecule has 1 aliphatic heterocycles. The molecule has 2 heterocycles. The van der Waals surface area contributed by atoms with Gasteiger partial charge in [-0.1, -0.05) is 11.6 Å². The van der Waals surface area contributed by atoms with Gasteiger partial charge in [0, 0.05) is 29.9 Å². The van der Waals surface area contributed by atoms with Crippen LogP contribution in [-0.2, 0) is 18.3 Å². The van der Waals surface area contributed by atoms with E-state index < -0.39 is 5.60 Å². The van der Waals surface area contributed by atoms with Gasteiger partial charge in [-0.2, -0.15) is 5.10 Å². The number of β-amino-alcohol motifs (C(OH)–C–C–N with tert-alkyl or cyclic N) is 1. The first-order valence-corrected chi connectivity index (χ1v) is 10.4. The monoisotopic (exact) mass is 419 g/mol. The molecule has 1 N–H and O–H groups in total. The van der Waals surface area contributed by atoms with E-state index in [2.05, 4.69) is 5.10 Å². The number of aromatic nitrogens is 2. The van der Waals surface area contributed by atoms with Crippen LogP contribution in [0.5, 0.6) is 5.75 Å². The molecule has 1 amide bonds. The van der Waals surface area contributed by atoms with Crippen molar-refractivity contribution >= 4 is 17.5 Å². The third-order valence-corrected chi connectivity index (χ3v) is 6.41. The van der Waals surface area contributed by atoms with E-state index in [9.17, 15) is 9.90 Å². The molecule has 7 heteroatoms. The Morgan fingerprint density at radius 1 is 1.28 bits per heavy atom. The Morgan fingerprint density at radius 2 is 1.93 bits per heavy atom. The second-order valence-corrected chi connectivity index (χ2v) is 8.63. The van der Waals surface area contributed by atoms with Gasteiger partial charge in [0.1, 0.15) is 18.0 Å². The lowest BCUT2D eigenvalue weighted by Crippen LogP contribution is -2.53. The summed E-state index contributed by atoms with van der Waals surface area (Å²) in [6.45, 7) is 8.82. The Hall–Kier alpha value is -2.05. The molecule has 0 bridgehead atoms. The smallest absolute Gasteiger partial charge is 0.227 e. The van der Waals surface area contributed by atoms with E-state index in [1.807, 2.05) is 46.9 Å². The van der Waals surface area contributed by atoms with Crippen molar-refractivity contribution in [1.29, 1.82) is 0 Å². The Kier molecular flexibility index (Phi) is 6.24. The minimum Gasteiger partial charge on any atom is -0.491 e. The molecule has 1 aromatic heterocycles. The molecule has 1 aliphatic rings. The molecular formula is C22H30ClN3O3. The van der Waals surface area contributed by atoms with Gasteiger partial charge in [-0.3, -0.25) is 9.48 Å². The number of hydrogen-bond donors (Lipinski definition) is 1. The first-order valence-electron chi connectivity index (χ1n) is 9.98. The summed E-state index contributed by atoms with van der Waals surface area (Å²) in [5.41, 5.74) is 3.67. The molecule has 0 saturated carbocycles. The molecule has 1 unspecified atom stereocenters. The normalized spacial score (nSPS) is 19.5. The van der Waals surface area contributed by atoms with Crippen LogP contribution in [-0.4, -0.2) is 51.0 Å². The lowest BCUT2D eigenvalue weighted by Gasteiger charge is -2.39. The highest BCUT2D eigenvalue weighted by atomic mass is 35.5. The van der Waals surface area contributed by atoms with Gasteiger partial charge in [0.05, 0.1) is 18.7 Å². The number of halogens is 1. The van der Waals surface area contributed by atoms with Gasteiger partial charge in [0.2, 0.25) is 5.91 Å². The van der Waals surface area contributed by atoms with E-state index >= 15 is 0 Å². The summed E-state index contributed by atoms with van der Waals surface area (Å²) < 4.78 is 7.69. The van der Waals surface area contributed by atoms with Crippen LogP contribution >= 0.6 is 11.6 Å². The quantitative estimate of drug-likeness (QED) is 0.807. The number of aliphatic hydroxyl groups is 1. The van der Waals surface area contributed by atoms with E-state index in [4.69, 9.17) is 16.3 Å². The van der Waals surface area contributed by atoms with Gasteiger partial charge >= 0.3 is 0 Å². The van der Waals surface area contributed by atoms with Gasteiger partial charge in [0.25, 0.3) is 0 Å². The molecule has 1 atom stereocenters. The van der Waals surface area contributed by atoms with Crippen molar-refractivity contribution in [2.45, 2.75) is 52.6 Å². The summed E-state index contributed by atoms with van der Waals surface area (Å²) in [5, 5.41) is 16.2. The highest BCUT2D eigenvalue weighted by Crippen LogP contribution is 2.28. The summed E-state index contributed by atoms with van der Waals surface area (Å²) in [6, 6.07) is 3.75. The number of likely N-dealkylation sites (tertiary alicyclic amines) is 1. The zero-order valence-electron chi connectivity index (χ0n) is 17.9. The number of ether oxygens (including phenoxy) is 1. The largest absolute Gasteiger partial charge is 0.491 e. The number of piperidine rings is 1. The Morgan fingerprint density at radius 3 is 2.52 bits per heavy atom. The van der Waals surface area contributed by atoms with Crippen LogP contribution in [0.2, 0.25) is 5.02 Å². The summed E-state index contributed by atoms with van der Waals surface area (Å²) in [6.07, 6.45) is 1.65. The number of amides is 1. The second-order valence-electron chi connectivity index (χ2n) is 8.25. The molecule has 158 valence electrons. The number of rotatable bonds is 5. The van der Waals surface area contributed by atoms with E-state index in [-0.39, 0.29) is 19.1 Å². The molecule has 1 aromatic carbocycles. The average molecular weight is 420 g/mol. The minimum atomic E-state index is -1.06. The van der Waals surface area contributed by atoms with Crippen LogP contribution in [0, 0.1) is 27.7 Å². The maximum atomic E-state index is 12.9. The van der Waals surface area contributed by atoms with Crippen LogP contribution in [0.15, 0.2) is 12.1 Å². The molecule has 2 aromatic rings. The fraction of sp³-hybridized carbons (Fsp3) is 0.545. The first-order chi connectivity index (χ1) is 13.6. The molecule has 0 spiro atoms. The Labute approximate surface area is 177 Å². The van der Waals surface area contributed by atoms with E-state index in [1.54, 1.807) is 9.58 Å². The zero-order valence-corrected chi connectivity index (χ0v) is 18.6. The molecule has 0 aliphatic carbocycles. The fourth-order valence-corrected chi connectivity index (χ4v) is 4.10. The third kappa shape index (κ3) is 4.75. The SMILES string of the molecule is Cc1cc(OCC2(O)CCCN(C(=O)Cc3c(C)nn(C)c3C)C2)cc(C)c1Cl. The standard InChI is InChI=1S/C22H30ClN3O3/c1-14-9-18(10-15(2)21(14)23)29-13-22(28)7-6-8-26(12-22)20(27)11-19-16(3)24-25(5)17(19)4/h9-10,28H,6-8,11-13H2,1-5H3. The number of nitrogens with zero attached hydrogens (tertiary/aromatic N) is 3. The van der Waals surface area contributed by atoms with E-state index in [0.29, 0.717) is 25.1 Å². The van der Waals surface area contributed by atoms with Crippen LogP contribution in [0.3, 0.4) is 0 Å². The highest BCUT2D eigenvalue weighted by Gasteiger charge is 2.36. The number of aryl methyl sites for hydroxylation is 4. The van der Waals surface area contributed by atoms with Crippen LogP contribution in [0.4, 0.5) is 0 Å². The van der Waals surface area contributed by atoms with Crippen molar-refractivity contribution in [3.8, 4) is 5.75 Å². The summed E-state index contributed by atoms with van der Waals surface area (Å²) in [4.78, 5) is 14.6. The number of carbonyl (C=O) groups excluding carboxylic acids is 1. The van der Waals surface area contributed by atoms with Gasteiger partial charge in [-0.15, -0.1) is 0 Å². The molecule has 29 heavy (non-hydrogen) atoms. The van der Waals surface area contributed by atoms with Crippen molar-refractivity contribution in [1.82, 2.24) is 14.7 Å². The van der Waals surface area contributed by atoms with Gasteiger partial charge in [-0.25, -0.2) is 0 Å². The molecular weight excluding hydrogens is 390 g/mol. The molecule has 3 rings (SSSR count). The Bertz CT molecular complexity index is 901. The van der Waals surface area contributed by atoms with Crippen LogP contribution in [0.1, 0.15) is 40.9 Å². The van der Waals surface area contributed by atoms with Crippen molar-refractivity contribution in [2.75, 3.05) is 19.7 Å². The van der Waals surface area contributed by atoms with Crippen molar-refractivity contribution < 1.29 is 14.6 Å². The minimum absolute atomic E-state index is 0.0144. The van der Waals surface area contributed by atoms with Crippen molar-refractivity contribution in [3.05, 3.63) is 45.2 Å². The van der Waals surface area contributed by atoms with Crippen molar-refractivity contribution in [2.24, 2.45) is 7.05 Å². The van der Waals surface area contributed by atoms with E-state index in [0.717, 1.165) is 39.5 Å². The van der Waals surface area contributed by atoms with Gasteiger partial charge in [-0.05, 0) is 63.8 Å². The predicted molar refractivity (Wildman–Crippen MR) is 114 cm³/mol. The van der Waals surface area contributed by atoms with Gasteiger partial charge in [0.15, 0.2) is 0 Å². The van der Waals surface area contributed by atoms with Crippen LogP contribution in [0.25, 0.3) is 0 Å². The topological polar surface area (TPSA) is 67.6 Å². The highest BCUT2D eigenvalue weighted by molar-refractivity contribution is 6.32. The lowest BCUT2D eigenvalue weighted by molar-refractivity contribution is -0.139.